The molecule has 2 heterocycles. The molecule has 0 atom stereocenters. The maximum absolute atomic E-state index is 12.7. The van der Waals surface area contributed by atoms with Gasteiger partial charge in [-0.05, 0) is 54.6 Å². The number of carbonyl (C=O) groups is 1. The van der Waals surface area contributed by atoms with Gasteiger partial charge < -0.3 is 14.8 Å². The van der Waals surface area contributed by atoms with Crippen LogP contribution in [-0.4, -0.2) is 23.0 Å². The number of nitrogens with zero attached hydrogens (tertiary/aromatic N) is 2. The molecule has 0 radical (unpaired) electrons. The number of benzene rings is 2. The number of pyridine rings is 2. The molecule has 0 aliphatic heterocycles. The quantitative estimate of drug-likeness (QED) is 0.389. The van der Waals surface area contributed by atoms with Crippen LogP contribution in [0, 0.1) is 0 Å². The van der Waals surface area contributed by atoms with E-state index >= 15 is 0 Å². The van der Waals surface area contributed by atoms with Gasteiger partial charge in [0.25, 0.3) is 5.91 Å². The lowest BCUT2D eigenvalue weighted by atomic mass is 10.2. The number of carbonyl (C=O) groups excluding carboxylic acids is 1. The molecule has 160 valence electrons. The van der Waals surface area contributed by atoms with E-state index in [-0.39, 0.29) is 5.91 Å². The standard InChI is InChI=1S/C25H21N3O3S/c1-30-22-12-9-20(15-23(22)31-17-18-5-4-13-26-16-18)28-25(29)19-7-10-21(11-8-19)32-24-6-2-3-14-27-24/h2-16H,17H2,1H3,(H,28,29). The van der Waals surface area contributed by atoms with Crippen LogP contribution in [0.2, 0.25) is 0 Å². The van der Waals surface area contributed by atoms with Crippen molar-refractivity contribution in [3.05, 3.63) is 103 Å². The molecule has 2 aromatic heterocycles. The van der Waals surface area contributed by atoms with Crippen molar-refractivity contribution in [3.8, 4) is 11.5 Å². The van der Waals surface area contributed by atoms with Crippen LogP contribution >= 0.6 is 11.8 Å². The van der Waals surface area contributed by atoms with Gasteiger partial charge in [-0.25, -0.2) is 4.98 Å². The number of aromatic nitrogens is 2. The molecule has 0 fully saturated rings. The van der Waals surface area contributed by atoms with Gasteiger partial charge in [-0.2, -0.15) is 0 Å². The molecule has 0 saturated carbocycles. The molecular formula is C25H21N3O3S. The van der Waals surface area contributed by atoms with Crippen LogP contribution in [0.15, 0.2) is 101 Å². The first-order valence-electron chi connectivity index (χ1n) is 9.91. The van der Waals surface area contributed by atoms with Crippen LogP contribution in [0.25, 0.3) is 0 Å². The Morgan fingerprint density at radius 3 is 2.56 bits per heavy atom. The molecule has 4 aromatic rings. The lowest BCUT2D eigenvalue weighted by molar-refractivity contribution is 0.102. The fourth-order valence-corrected chi connectivity index (χ4v) is 3.69. The highest BCUT2D eigenvalue weighted by atomic mass is 32.2. The molecule has 7 heteroatoms. The molecule has 4 rings (SSSR count). The van der Waals surface area contributed by atoms with Crippen molar-refractivity contribution in [1.82, 2.24) is 9.97 Å². The number of anilines is 1. The number of ether oxygens (including phenoxy) is 2. The Morgan fingerprint density at radius 1 is 0.969 bits per heavy atom. The summed E-state index contributed by atoms with van der Waals surface area (Å²) in [6.07, 6.45) is 5.21. The van der Waals surface area contributed by atoms with Crippen LogP contribution in [-0.2, 0) is 6.61 Å². The van der Waals surface area contributed by atoms with Gasteiger partial charge >= 0.3 is 0 Å². The normalized spacial score (nSPS) is 10.4. The summed E-state index contributed by atoms with van der Waals surface area (Å²) in [6.45, 7) is 0.344. The van der Waals surface area contributed by atoms with Gasteiger partial charge in [-0.3, -0.25) is 9.78 Å². The molecule has 0 unspecified atom stereocenters. The zero-order valence-corrected chi connectivity index (χ0v) is 18.2. The van der Waals surface area contributed by atoms with E-state index in [9.17, 15) is 4.79 Å². The van der Waals surface area contributed by atoms with Crippen LogP contribution in [0.4, 0.5) is 5.69 Å². The van der Waals surface area contributed by atoms with Crippen molar-refractivity contribution in [2.75, 3.05) is 12.4 Å². The fourth-order valence-electron chi connectivity index (χ4n) is 2.92. The third kappa shape index (κ3) is 5.65. The number of hydrogen-bond acceptors (Lipinski definition) is 6. The topological polar surface area (TPSA) is 73.3 Å². The summed E-state index contributed by atoms with van der Waals surface area (Å²) in [6, 6.07) is 22.3. The second-order valence-corrected chi connectivity index (χ2v) is 7.86. The zero-order chi connectivity index (χ0) is 22.2. The van der Waals surface area contributed by atoms with Crippen LogP contribution in [0.1, 0.15) is 15.9 Å². The molecule has 0 aliphatic rings. The number of rotatable bonds is 8. The number of amides is 1. The van der Waals surface area contributed by atoms with Crippen molar-refractivity contribution in [1.29, 1.82) is 0 Å². The van der Waals surface area contributed by atoms with E-state index in [1.807, 2.05) is 42.5 Å². The highest BCUT2D eigenvalue weighted by Crippen LogP contribution is 2.31. The minimum absolute atomic E-state index is 0.206. The van der Waals surface area contributed by atoms with Gasteiger partial charge in [0, 0.05) is 46.4 Å². The Bertz CT molecular complexity index is 1170. The lowest BCUT2D eigenvalue weighted by Crippen LogP contribution is -2.12. The van der Waals surface area contributed by atoms with E-state index in [4.69, 9.17) is 9.47 Å². The summed E-state index contributed by atoms with van der Waals surface area (Å²) in [5.41, 5.74) is 2.11. The van der Waals surface area contributed by atoms with Crippen molar-refractivity contribution in [2.45, 2.75) is 16.5 Å². The zero-order valence-electron chi connectivity index (χ0n) is 17.4. The summed E-state index contributed by atoms with van der Waals surface area (Å²) in [5, 5.41) is 3.82. The summed E-state index contributed by atoms with van der Waals surface area (Å²) >= 11 is 1.54. The lowest BCUT2D eigenvalue weighted by Gasteiger charge is -2.13. The Balaban J connectivity index is 1.42. The first-order chi connectivity index (χ1) is 15.7. The van der Waals surface area contributed by atoms with E-state index in [1.54, 1.807) is 67.8 Å². The summed E-state index contributed by atoms with van der Waals surface area (Å²) in [5.74, 6) is 0.918. The van der Waals surface area contributed by atoms with Gasteiger partial charge in [-0.15, -0.1) is 0 Å². The van der Waals surface area contributed by atoms with Crippen molar-refractivity contribution in [2.24, 2.45) is 0 Å². The summed E-state index contributed by atoms with van der Waals surface area (Å²) < 4.78 is 11.3. The third-order valence-corrected chi connectivity index (χ3v) is 5.47. The van der Waals surface area contributed by atoms with Gasteiger partial charge in [0.2, 0.25) is 0 Å². The monoisotopic (exact) mass is 443 g/mol. The van der Waals surface area contributed by atoms with Gasteiger partial charge in [0.1, 0.15) is 11.6 Å². The summed E-state index contributed by atoms with van der Waals surface area (Å²) in [7, 11) is 1.58. The van der Waals surface area contributed by atoms with Crippen molar-refractivity contribution in [3.63, 3.8) is 0 Å². The van der Waals surface area contributed by atoms with E-state index in [0.717, 1.165) is 15.5 Å². The molecular weight excluding hydrogens is 422 g/mol. The van der Waals surface area contributed by atoms with E-state index in [1.165, 1.54) is 0 Å². The van der Waals surface area contributed by atoms with Crippen molar-refractivity contribution >= 4 is 23.4 Å². The molecule has 6 nitrogen and oxygen atoms in total. The van der Waals surface area contributed by atoms with Gasteiger partial charge in [0.05, 0.1) is 7.11 Å². The molecule has 1 amide bonds. The van der Waals surface area contributed by atoms with Crippen molar-refractivity contribution < 1.29 is 14.3 Å². The minimum atomic E-state index is -0.206. The molecule has 0 bridgehead atoms. The largest absolute Gasteiger partial charge is 0.493 e. The Morgan fingerprint density at radius 2 is 1.84 bits per heavy atom. The second-order valence-electron chi connectivity index (χ2n) is 6.76. The van der Waals surface area contributed by atoms with Crippen LogP contribution in [0.5, 0.6) is 11.5 Å². The van der Waals surface area contributed by atoms with Gasteiger partial charge in [-0.1, -0.05) is 23.9 Å². The third-order valence-electron chi connectivity index (χ3n) is 4.52. The average Bonchev–Trinajstić information content (AvgIpc) is 2.84. The highest BCUT2D eigenvalue weighted by molar-refractivity contribution is 7.99. The van der Waals surface area contributed by atoms with Gasteiger partial charge in [0.15, 0.2) is 11.5 Å². The number of hydrogen-bond donors (Lipinski definition) is 1. The molecule has 0 saturated heterocycles. The van der Waals surface area contributed by atoms with Crippen LogP contribution in [0.3, 0.4) is 0 Å². The highest BCUT2D eigenvalue weighted by Gasteiger charge is 2.11. The molecule has 32 heavy (non-hydrogen) atoms. The maximum Gasteiger partial charge on any atom is 0.255 e. The maximum atomic E-state index is 12.7. The van der Waals surface area contributed by atoms with E-state index in [0.29, 0.717) is 29.4 Å². The first-order valence-corrected chi connectivity index (χ1v) is 10.7. The van der Waals surface area contributed by atoms with Crippen LogP contribution < -0.4 is 14.8 Å². The molecule has 2 aromatic carbocycles. The SMILES string of the molecule is COc1ccc(NC(=O)c2ccc(Sc3ccccn3)cc2)cc1OCc1cccnc1. The first kappa shape index (κ1) is 21.4. The fraction of sp³-hybridized carbons (Fsp3) is 0.0800. The predicted molar refractivity (Wildman–Crippen MR) is 124 cm³/mol. The molecule has 0 spiro atoms. The smallest absolute Gasteiger partial charge is 0.255 e. The predicted octanol–water partition coefficient (Wildman–Crippen LogP) is 5.47. The average molecular weight is 444 g/mol. The number of methoxy groups -OCH3 is 1. The second kappa shape index (κ2) is 10.5. The Labute approximate surface area is 190 Å². The van der Waals surface area contributed by atoms with E-state index < -0.39 is 0 Å². The minimum Gasteiger partial charge on any atom is -0.493 e. The van der Waals surface area contributed by atoms with E-state index in [2.05, 4.69) is 15.3 Å². The summed E-state index contributed by atoms with van der Waals surface area (Å²) in [4.78, 5) is 22.1. The molecule has 1 N–H and O–H groups in total. The Hall–Kier alpha value is -3.84. The molecule has 0 aliphatic carbocycles. The Kier molecular flexibility index (Phi) is 6.99. The number of nitrogens with one attached hydrogen (secondary N) is 1.